The predicted molar refractivity (Wildman–Crippen MR) is 58.7 cm³/mol. The summed E-state index contributed by atoms with van der Waals surface area (Å²) in [7, 11) is 4.98. The molecule has 0 aliphatic rings. The van der Waals surface area contributed by atoms with Crippen molar-refractivity contribution in [3.8, 4) is 11.5 Å². The number of phenols is 1. The van der Waals surface area contributed by atoms with Crippen LogP contribution >= 0.6 is 0 Å². The van der Waals surface area contributed by atoms with Crippen molar-refractivity contribution >= 4 is 5.69 Å². The SMILES string of the molecule is COc1cc([N+](=O)[O-])cc(CN(C)C)c1O. The molecule has 0 heterocycles. The zero-order chi connectivity index (χ0) is 12.3. The summed E-state index contributed by atoms with van der Waals surface area (Å²) in [5.41, 5.74) is 0.377. The zero-order valence-corrected chi connectivity index (χ0v) is 9.43. The second-order valence-corrected chi connectivity index (χ2v) is 3.65. The van der Waals surface area contributed by atoms with Crippen LogP contribution in [0.2, 0.25) is 0 Å². The largest absolute Gasteiger partial charge is 0.504 e. The topological polar surface area (TPSA) is 75.8 Å². The number of ether oxygens (including phenoxy) is 1. The molecular weight excluding hydrogens is 212 g/mol. The summed E-state index contributed by atoms with van der Waals surface area (Å²) in [5.74, 6) is 0.0628. The fourth-order valence-corrected chi connectivity index (χ4v) is 1.37. The van der Waals surface area contributed by atoms with Crippen LogP contribution in [0.25, 0.3) is 0 Å². The van der Waals surface area contributed by atoms with Crippen molar-refractivity contribution in [2.75, 3.05) is 21.2 Å². The number of nitro benzene ring substituents is 1. The highest BCUT2D eigenvalue weighted by atomic mass is 16.6. The highest BCUT2D eigenvalue weighted by Crippen LogP contribution is 2.34. The lowest BCUT2D eigenvalue weighted by Crippen LogP contribution is -2.11. The first kappa shape index (κ1) is 12.3. The van der Waals surface area contributed by atoms with Crippen molar-refractivity contribution < 1.29 is 14.8 Å². The lowest BCUT2D eigenvalue weighted by atomic mass is 10.1. The summed E-state index contributed by atoms with van der Waals surface area (Å²) in [5, 5.41) is 20.4. The number of hydrogen-bond donors (Lipinski definition) is 1. The Labute approximate surface area is 93.2 Å². The van der Waals surface area contributed by atoms with E-state index in [9.17, 15) is 15.2 Å². The van der Waals surface area contributed by atoms with Crippen LogP contribution < -0.4 is 4.74 Å². The molecule has 0 saturated carbocycles. The maximum absolute atomic E-state index is 10.7. The molecule has 0 amide bonds. The molecule has 1 aromatic rings. The van der Waals surface area contributed by atoms with Crippen molar-refractivity contribution in [1.29, 1.82) is 0 Å². The zero-order valence-electron chi connectivity index (χ0n) is 9.43. The third-order valence-corrected chi connectivity index (χ3v) is 2.06. The van der Waals surface area contributed by atoms with Crippen LogP contribution in [0.3, 0.4) is 0 Å². The Balaban J connectivity index is 3.24. The van der Waals surface area contributed by atoms with Crippen LogP contribution in [0.5, 0.6) is 11.5 Å². The van der Waals surface area contributed by atoms with Crippen LogP contribution in [0.1, 0.15) is 5.56 Å². The van der Waals surface area contributed by atoms with E-state index in [1.807, 2.05) is 14.1 Å². The fourth-order valence-electron chi connectivity index (χ4n) is 1.37. The first-order chi connectivity index (χ1) is 7.45. The molecule has 0 saturated heterocycles. The summed E-state index contributed by atoms with van der Waals surface area (Å²) in [4.78, 5) is 12.0. The average Bonchev–Trinajstić information content (AvgIpc) is 2.20. The number of hydrogen-bond acceptors (Lipinski definition) is 5. The van der Waals surface area contributed by atoms with Gasteiger partial charge in [-0.25, -0.2) is 0 Å². The molecule has 6 heteroatoms. The molecule has 0 spiro atoms. The molecule has 1 N–H and O–H groups in total. The normalized spacial score (nSPS) is 10.5. The summed E-state index contributed by atoms with van der Waals surface area (Å²) in [6, 6.07) is 2.55. The molecule has 0 radical (unpaired) electrons. The minimum Gasteiger partial charge on any atom is -0.504 e. The maximum atomic E-state index is 10.7. The third-order valence-electron chi connectivity index (χ3n) is 2.06. The van der Waals surface area contributed by atoms with Crippen molar-refractivity contribution in [3.63, 3.8) is 0 Å². The number of non-ortho nitro benzene ring substituents is 1. The van der Waals surface area contributed by atoms with E-state index in [1.54, 1.807) is 4.90 Å². The Bertz CT molecular complexity index is 404. The van der Waals surface area contributed by atoms with Gasteiger partial charge in [-0.05, 0) is 14.1 Å². The Morgan fingerprint density at radius 3 is 2.56 bits per heavy atom. The van der Waals surface area contributed by atoms with Crippen molar-refractivity contribution in [2.24, 2.45) is 0 Å². The number of benzene rings is 1. The van der Waals surface area contributed by atoms with Gasteiger partial charge in [0, 0.05) is 18.2 Å². The Morgan fingerprint density at radius 1 is 1.50 bits per heavy atom. The van der Waals surface area contributed by atoms with Gasteiger partial charge < -0.3 is 14.7 Å². The molecule has 0 fully saturated rings. The van der Waals surface area contributed by atoms with Crippen LogP contribution in [-0.2, 0) is 6.54 Å². The molecule has 16 heavy (non-hydrogen) atoms. The lowest BCUT2D eigenvalue weighted by Gasteiger charge is -2.13. The summed E-state index contributed by atoms with van der Waals surface area (Å²) in [6.45, 7) is 0.407. The molecule has 0 aliphatic carbocycles. The third kappa shape index (κ3) is 2.60. The van der Waals surface area contributed by atoms with Gasteiger partial charge in [0.15, 0.2) is 11.5 Å². The van der Waals surface area contributed by atoms with Gasteiger partial charge >= 0.3 is 0 Å². The Kier molecular flexibility index (Phi) is 3.68. The molecule has 0 bridgehead atoms. The number of aromatic hydroxyl groups is 1. The molecule has 88 valence electrons. The van der Waals surface area contributed by atoms with Gasteiger partial charge in [0.25, 0.3) is 5.69 Å². The van der Waals surface area contributed by atoms with E-state index >= 15 is 0 Å². The first-order valence-electron chi connectivity index (χ1n) is 4.64. The number of methoxy groups -OCH3 is 1. The second-order valence-electron chi connectivity index (χ2n) is 3.65. The van der Waals surface area contributed by atoms with Gasteiger partial charge in [-0.2, -0.15) is 0 Å². The molecule has 0 unspecified atom stereocenters. The van der Waals surface area contributed by atoms with Crippen molar-refractivity contribution in [1.82, 2.24) is 4.90 Å². The molecule has 0 aliphatic heterocycles. The van der Waals surface area contributed by atoms with Crippen molar-refractivity contribution in [2.45, 2.75) is 6.54 Å². The van der Waals surface area contributed by atoms with Gasteiger partial charge in [-0.15, -0.1) is 0 Å². The number of phenolic OH excluding ortho intramolecular Hbond substituents is 1. The van der Waals surface area contributed by atoms with Gasteiger partial charge in [0.1, 0.15) is 0 Å². The van der Waals surface area contributed by atoms with Gasteiger partial charge in [0.2, 0.25) is 0 Å². The first-order valence-corrected chi connectivity index (χ1v) is 4.64. The molecule has 0 aromatic heterocycles. The Morgan fingerprint density at radius 2 is 2.12 bits per heavy atom. The standard InChI is InChI=1S/C10H14N2O4/c1-11(2)6-7-4-8(12(14)15)5-9(16-3)10(7)13/h4-5,13H,6H2,1-3H3. The van der Waals surface area contributed by atoms with E-state index in [0.29, 0.717) is 12.1 Å². The molecule has 1 aromatic carbocycles. The smallest absolute Gasteiger partial charge is 0.273 e. The monoisotopic (exact) mass is 226 g/mol. The molecule has 6 nitrogen and oxygen atoms in total. The van der Waals surface area contributed by atoms with E-state index in [-0.39, 0.29) is 17.2 Å². The van der Waals surface area contributed by atoms with E-state index < -0.39 is 4.92 Å². The summed E-state index contributed by atoms with van der Waals surface area (Å²) < 4.78 is 4.89. The Hall–Kier alpha value is -1.82. The van der Waals surface area contributed by atoms with Crippen LogP contribution in [-0.4, -0.2) is 36.1 Å². The number of nitro groups is 1. The quantitative estimate of drug-likeness (QED) is 0.619. The van der Waals surface area contributed by atoms with E-state index in [2.05, 4.69) is 0 Å². The van der Waals surface area contributed by atoms with E-state index in [1.165, 1.54) is 19.2 Å². The average molecular weight is 226 g/mol. The lowest BCUT2D eigenvalue weighted by molar-refractivity contribution is -0.385. The van der Waals surface area contributed by atoms with E-state index in [4.69, 9.17) is 4.74 Å². The van der Waals surface area contributed by atoms with Gasteiger partial charge in [-0.1, -0.05) is 0 Å². The predicted octanol–water partition coefficient (Wildman–Crippen LogP) is 1.37. The highest BCUT2D eigenvalue weighted by Gasteiger charge is 2.16. The van der Waals surface area contributed by atoms with Crippen LogP contribution in [0, 0.1) is 10.1 Å². The van der Waals surface area contributed by atoms with Crippen molar-refractivity contribution in [3.05, 3.63) is 27.8 Å². The van der Waals surface area contributed by atoms with E-state index in [0.717, 1.165) is 0 Å². The number of nitrogens with zero attached hydrogens (tertiary/aromatic N) is 2. The maximum Gasteiger partial charge on any atom is 0.273 e. The molecule has 0 atom stereocenters. The van der Waals surface area contributed by atoms with Crippen LogP contribution in [0.4, 0.5) is 5.69 Å². The highest BCUT2D eigenvalue weighted by molar-refractivity contribution is 5.53. The van der Waals surface area contributed by atoms with Gasteiger partial charge in [0.05, 0.1) is 18.1 Å². The molecular formula is C10H14N2O4. The summed E-state index contributed by atoms with van der Waals surface area (Å²) >= 11 is 0. The summed E-state index contributed by atoms with van der Waals surface area (Å²) in [6.07, 6.45) is 0. The minimum atomic E-state index is -0.513. The van der Waals surface area contributed by atoms with Crippen LogP contribution in [0.15, 0.2) is 12.1 Å². The fraction of sp³-hybridized carbons (Fsp3) is 0.400. The minimum absolute atomic E-state index is 0.0539. The number of rotatable bonds is 4. The molecule has 1 rings (SSSR count). The van der Waals surface area contributed by atoms with Gasteiger partial charge in [-0.3, -0.25) is 10.1 Å². The second kappa shape index (κ2) is 4.80.